The quantitative estimate of drug-likeness (QED) is 0.443. The smallest absolute Gasteiger partial charge is 0.416 e. The molecule has 0 bridgehead atoms. The number of hydrogen-bond donors (Lipinski definition) is 1. The number of rotatable bonds is 5. The molecule has 0 aliphatic carbocycles. The Kier molecular flexibility index (Phi) is 5.31. The van der Waals surface area contributed by atoms with Gasteiger partial charge in [0.2, 0.25) is 0 Å². The summed E-state index contributed by atoms with van der Waals surface area (Å²) in [6.07, 6.45) is -4.57. The Labute approximate surface area is 149 Å². The molecule has 0 aromatic heterocycles. The van der Waals surface area contributed by atoms with Crippen LogP contribution in [0, 0.1) is 15.5 Å². The Morgan fingerprint density at radius 3 is 2.38 bits per heavy atom. The van der Waals surface area contributed by atoms with Crippen molar-refractivity contribution in [3.63, 3.8) is 0 Å². The average molecular weight is 387 g/mol. The molecule has 0 saturated carbocycles. The van der Waals surface area contributed by atoms with Gasteiger partial charge in [0.25, 0.3) is 5.69 Å². The zero-order valence-corrected chi connectivity index (χ0v) is 13.8. The zero-order valence-electron chi connectivity index (χ0n) is 13.1. The number of nitrogens with one attached hydrogen (secondary N) is 1. The molecule has 0 fully saturated rings. The van der Waals surface area contributed by atoms with Crippen molar-refractivity contribution in [3.8, 4) is 11.5 Å². The minimum Gasteiger partial charge on any atom is -0.456 e. The maximum absolute atomic E-state index is 12.6. The number of halogens is 4. The standard InChI is InChI=1S/C16H10ClF3N2O4/c1-8(23)15(21)11-7-10(3-4-13(11)22(24)25)26-14-5-2-9(6-12(14)17)16(18,19)20/h2-7,21H,1H3. The van der Waals surface area contributed by atoms with Crippen molar-refractivity contribution in [2.24, 2.45) is 0 Å². The van der Waals surface area contributed by atoms with Gasteiger partial charge < -0.3 is 4.74 Å². The summed E-state index contributed by atoms with van der Waals surface area (Å²) in [5.41, 5.74) is -2.31. The molecule has 10 heteroatoms. The van der Waals surface area contributed by atoms with Crippen molar-refractivity contribution >= 4 is 28.8 Å². The van der Waals surface area contributed by atoms with Crippen molar-refractivity contribution < 1.29 is 27.6 Å². The second-order valence-electron chi connectivity index (χ2n) is 5.11. The van der Waals surface area contributed by atoms with Gasteiger partial charge >= 0.3 is 6.18 Å². The first-order valence-corrected chi connectivity index (χ1v) is 7.31. The van der Waals surface area contributed by atoms with Crippen LogP contribution in [0.2, 0.25) is 5.02 Å². The Morgan fingerprint density at radius 1 is 1.23 bits per heavy atom. The highest BCUT2D eigenvalue weighted by Crippen LogP contribution is 2.37. The van der Waals surface area contributed by atoms with E-state index in [0.717, 1.165) is 31.2 Å². The van der Waals surface area contributed by atoms with Crippen LogP contribution in [-0.4, -0.2) is 16.4 Å². The van der Waals surface area contributed by atoms with Gasteiger partial charge in [0.1, 0.15) is 17.2 Å². The lowest BCUT2D eigenvalue weighted by molar-refractivity contribution is -0.385. The maximum Gasteiger partial charge on any atom is 0.416 e. The topological polar surface area (TPSA) is 93.3 Å². The first-order chi connectivity index (χ1) is 12.0. The van der Waals surface area contributed by atoms with Crippen LogP contribution < -0.4 is 4.74 Å². The van der Waals surface area contributed by atoms with Crippen LogP contribution in [-0.2, 0) is 11.0 Å². The number of alkyl halides is 3. The van der Waals surface area contributed by atoms with Gasteiger partial charge in [0.15, 0.2) is 5.78 Å². The Bertz CT molecular complexity index is 913. The summed E-state index contributed by atoms with van der Waals surface area (Å²) in [5, 5.41) is 18.4. The highest BCUT2D eigenvalue weighted by molar-refractivity contribution is 6.45. The largest absolute Gasteiger partial charge is 0.456 e. The highest BCUT2D eigenvalue weighted by atomic mass is 35.5. The lowest BCUT2D eigenvalue weighted by atomic mass is 10.0. The summed E-state index contributed by atoms with van der Waals surface area (Å²) in [4.78, 5) is 21.6. The Balaban J connectivity index is 2.42. The first-order valence-electron chi connectivity index (χ1n) is 6.93. The minimum absolute atomic E-state index is 0.0294. The van der Waals surface area contributed by atoms with Crippen LogP contribution in [0.4, 0.5) is 18.9 Å². The lowest BCUT2D eigenvalue weighted by Gasteiger charge is -2.12. The molecule has 0 amide bonds. The van der Waals surface area contributed by atoms with E-state index in [9.17, 15) is 28.1 Å². The van der Waals surface area contributed by atoms with Crippen molar-refractivity contribution in [1.29, 1.82) is 5.41 Å². The number of ketones is 1. The van der Waals surface area contributed by atoms with Crippen LogP contribution in [0.1, 0.15) is 18.1 Å². The summed E-state index contributed by atoms with van der Waals surface area (Å²) in [5.74, 6) is -0.843. The molecule has 2 aromatic rings. The Morgan fingerprint density at radius 2 is 1.88 bits per heavy atom. The van der Waals surface area contributed by atoms with Gasteiger partial charge in [0.05, 0.1) is 21.1 Å². The molecule has 0 heterocycles. The van der Waals surface area contributed by atoms with Crippen molar-refractivity contribution in [3.05, 3.63) is 62.7 Å². The predicted octanol–water partition coefficient (Wildman–Crippen LogP) is 5.02. The number of carbonyl (C=O) groups excluding carboxylic acids is 1. The Hall–Kier alpha value is -2.94. The minimum atomic E-state index is -4.57. The van der Waals surface area contributed by atoms with E-state index in [1.165, 1.54) is 6.07 Å². The molecule has 6 nitrogen and oxygen atoms in total. The predicted molar refractivity (Wildman–Crippen MR) is 87.1 cm³/mol. The molecule has 136 valence electrons. The molecule has 2 rings (SSSR count). The van der Waals surface area contributed by atoms with Gasteiger partial charge in [-0.3, -0.25) is 20.3 Å². The van der Waals surface area contributed by atoms with Crippen LogP contribution >= 0.6 is 11.6 Å². The monoisotopic (exact) mass is 386 g/mol. The van der Waals surface area contributed by atoms with E-state index < -0.39 is 33.8 Å². The van der Waals surface area contributed by atoms with Crippen molar-refractivity contribution in [2.75, 3.05) is 0 Å². The summed E-state index contributed by atoms with van der Waals surface area (Å²) in [7, 11) is 0. The third-order valence-electron chi connectivity index (χ3n) is 3.27. The molecule has 26 heavy (non-hydrogen) atoms. The molecule has 1 N–H and O–H groups in total. The number of carbonyl (C=O) groups is 1. The third-order valence-corrected chi connectivity index (χ3v) is 3.57. The fourth-order valence-electron chi connectivity index (χ4n) is 2.01. The van der Waals surface area contributed by atoms with Gasteiger partial charge in [0, 0.05) is 13.0 Å². The number of Topliss-reactive ketones (excluding diaryl/α,β-unsaturated/α-hetero) is 1. The molecule has 0 atom stereocenters. The fourth-order valence-corrected chi connectivity index (χ4v) is 2.23. The highest BCUT2D eigenvalue weighted by Gasteiger charge is 2.31. The van der Waals surface area contributed by atoms with E-state index in [-0.39, 0.29) is 22.1 Å². The number of hydrogen-bond acceptors (Lipinski definition) is 5. The number of ether oxygens (including phenoxy) is 1. The summed E-state index contributed by atoms with van der Waals surface area (Å²) in [6, 6.07) is 5.74. The zero-order chi connectivity index (χ0) is 19.6. The molecular weight excluding hydrogens is 377 g/mol. The van der Waals surface area contributed by atoms with Gasteiger partial charge in [-0.2, -0.15) is 13.2 Å². The van der Waals surface area contributed by atoms with E-state index in [2.05, 4.69) is 0 Å². The first kappa shape index (κ1) is 19.4. The molecule has 0 spiro atoms. The number of nitro groups is 1. The van der Waals surface area contributed by atoms with Crippen LogP contribution in [0.3, 0.4) is 0 Å². The molecule has 0 unspecified atom stereocenters. The van der Waals surface area contributed by atoms with Gasteiger partial charge in [-0.15, -0.1) is 0 Å². The molecular formula is C16H10ClF3N2O4. The van der Waals surface area contributed by atoms with Gasteiger partial charge in [-0.25, -0.2) is 0 Å². The summed E-state index contributed by atoms with van der Waals surface area (Å²) in [6.45, 7) is 1.08. The van der Waals surface area contributed by atoms with Crippen molar-refractivity contribution in [2.45, 2.75) is 13.1 Å². The third kappa shape index (κ3) is 4.17. The number of benzene rings is 2. The summed E-state index contributed by atoms with van der Waals surface area (Å²) >= 11 is 5.79. The van der Waals surface area contributed by atoms with E-state index in [1.54, 1.807) is 0 Å². The number of nitrogens with zero attached hydrogens (tertiary/aromatic N) is 1. The summed E-state index contributed by atoms with van der Waals surface area (Å²) < 4.78 is 43.3. The fraction of sp³-hybridized carbons (Fsp3) is 0.125. The lowest BCUT2D eigenvalue weighted by Crippen LogP contribution is -2.12. The van der Waals surface area contributed by atoms with Gasteiger partial charge in [-0.1, -0.05) is 11.6 Å². The normalized spacial score (nSPS) is 11.1. The van der Waals surface area contributed by atoms with Gasteiger partial charge in [-0.05, 0) is 30.3 Å². The molecule has 0 aliphatic heterocycles. The van der Waals surface area contributed by atoms with Crippen molar-refractivity contribution in [1.82, 2.24) is 0 Å². The van der Waals surface area contributed by atoms with Crippen LogP contribution in [0.5, 0.6) is 11.5 Å². The number of nitro benzene ring substituents is 1. The van der Waals surface area contributed by atoms with Crippen LogP contribution in [0.25, 0.3) is 0 Å². The second-order valence-corrected chi connectivity index (χ2v) is 5.52. The van der Waals surface area contributed by atoms with E-state index in [0.29, 0.717) is 6.07 Å². The SMILES string of the molecule is CC(=O)C(=N)c1cc(Oc2ccc(C(F)(F)F)cc2Cl)ccc1[N+](=O)[O-]. The second kappa shape index (κ2) is 7.12. The van der Waals surface area contributed by atoms with Crippen LogP contribution in [0.15, 0.2) is 36.4 Å². The molecule has 0 aliphatic rings. The average Bonchev–Trinajstić information content (AvgIpc) is 2.54. The molecule has 0 radical (unpaired) electrons. The van der Waals surface area contributed by atoms with E-state index in [1.807, 2.05) is 0 Å². The van der Waals surface area contributed by atoms with E-state index >= 15 is 0 Å². The molecule has 2 aromatic carbocycles. The van der Waals surface area contributed by atoms with E-state index in [4.69, 9.17) is 21.7 Å². The maximum atomic E-state index is 12.6. The molecule has 0 saturated heterocycles.